The first-order valence-corrected chi connectivity index (χ1v) is 13.6. The van der Waals surface area contributed by atoms with Crippen molar-refractivity contribution in [1.29, 1.82) is 5.26 Å². The fourth-order valence-electron chi connectivity index (χ4n) is 8.93. The highest BCUT2D eigenvalue weighted by Crippen LogP contribution is 2.70. The molecule has 1 spiro atoms. The van der Waals surface area contributed by atoms with Crippen molar-refractivity contribution in [3.8, 4) is 29.5 Å². The number of allylic oxidation sites excluding steroid dienone is 4. The van der Waals surface area contributed by atoms with Gasteiger partial charge in [0.05, 0.1) is 11.6 Å². The SMILES string of the molecule is C#C[C@]1(O)CC[C@H]2C3=C4[C@H](C[C@@]21C)c1ccc(-c2ccc(C#N)cc2)cc1C[C@@]41CCC(=O)C=C1CC3. The molecular formula is C34H31NO2. The quantitative estimate of drug-likeness (QED) is 0.375. The maximum atomic E-state index is 12.6. The zero-order chi connectivity index (χ0) is 25.6. The van der Waals surface area contributed by atoms with E-state index >= 15 is 0 Å². The van der Waals surface area contributed by atoms with E-state index in [9.17, 15) is 15.2 Å². The Hall–Kier alpha value is -3.40. The molecular weight excluding hydrogens is 454 g/mol. The molecule has 0 aromatic heterocycles. The molecule has 184 valence electrons. The molecule has 1 fully saturated rings. The lowest BCUT2D eigenvalue weighted by molar-refractivity contribution is -0.115. The second-order valence-corrected chi connectivity index (χ2v) is 12.2. The van der Waals surface area contributed by atoms with Gasteiger partial charge in [-0.1, -0.05) is 59.9 Å². The van der Waals surface area contributed by atoms with Crippen LogP contribution in [-0.4, -0.2) is 16.5 Å². The number of benzene rings is 2. The van der Waals surface area contributed by atoms with Gasteiger partial charge >= 0.3 is 0 Å². The molecule has 1 saturated carbocycles. The minimum absolute atomic E-state index is 0.0827. The van der Waals surface area contributed by atoms with Crippen LogP contribution in [0.1, 0.15) is 74.5 Å². The molecule has 0 saturated heterocycles. The van der Waals surface area contributed by atoms with E-state index in [0.717, 1.165) is 49.7 Å². The second-order valence-electron chi connectivity index (χ2n) is 12.2. The first-order chi connectivity index (χ1) is 17.8. The topological polar surface area (TPSA) is 61.1 Å². The third-order valence-corrected chi connectivity index (χ3v) is 10.8. The minimum Gasteiger partial charge on any atom is -0.377 e. The number of fused-ring (bicyclic) bond motifs is 4. The molecule has 0 bridgehead atoms. The Balaban J connectivity index is 1.44. The van der Waals surface area contributed by atoms with Crippen molar-refractivity contribution in [2.24, 2.45) is 16.7 Å². The number of terminal acetylenes is 1. The van der Waals surface area contributed by atoms with Crippen LogP contribution in [-0.2, 0) is 11.2 Å². The van der Waals surface area contributed by atoms with Crippen LogP contribution in [0.4, 0.5) is 0 Å². The van der Waals surface area contributed by atoms with Gasteiger partial charge in [0.25, 0.3) is 0 Å². The molecule has 5 atom stereocenters. The van der Waals surface area contributed by atoms with E-state index in [0.29, 0.717) is 24.3 Å². The smallest absolute Gasteiger partial charge is 0.155 e. The van der Waals surface area contributed by atoms with Crippen LogP contribution in [0.5, 0.6) is 0 Å². The molecule has 0 aliphatic heterocycles. The summed E-state index contributed by atoms with van der Waals surface area (Å²) in [6.45, 7) is 2.23. The average molecular weight is 486 g/mol. The monoisotopic (exact) mass is 485 g/mol. The first-order valence-electron chi connectivity index (χ1n) is 13.6. The van der Waals surface area contributed by atoms with Gasteiger partial charge in [-0.3, -0.25) is 4.79 Å². The van der Waals surface area contributed by atoms with Gasteiger partial charge in [0.2, 0.25) is 0 Å². The summed E-state index contributed by atoms with van der Waals surface area (Å²) in [5.74, 6) is 3.62. The molecule has 0 heterocycles. The summed E-state index contributed by atoms with van der Waals surface area (Å²) >= 11 is 0. The van der Waals surface area contributed by atoms with E-state index < -0.39 is 5.60 Å². The zero-order valence-corrected chi connectivity index (χ0v) is 21.3. The molecule has 0 amide bonds. The predicted octanol–water partition coefficient (Wildman–Crippen LogP) is 6.42. The number of rotatable bonds is 1. The Morgan fingerprint density at radius 1 is 1.05 bits per heavy atom. The summed E-state index contributed by atoms with van der Waals surface area (Å²) in [7, 11) is 0. The van der Waals surface area contributed by atoms with Gasteiger partial charge in [-0.25, -0.2) is 0 Å². The van der Waals surface area contributed by atoms with Gasteiger partial charge in [-0.2, -0.15) is 5.26 Å². The van der Waals surface area contributed by atoms with Gasteiger partial charge in [-0.05, 0) is 91.3 Å². The molecule has 5 aliphatic rings. The van der Waals surface area contributed by atoms with Crippen molar-refractivity contribution in [1.82, 2.24) is 0 Å². The predicted molar refractivity (Wildman–Crippen MR) is 143 cm³/mol. The number of aliphatic hydroxyl groups is 1. The summed E-state index contributed by atoms with van der Waals surface area (Å²) in [5, 5.41) is 20.9. The van der Waals surface area contributed by atoms with E-state index in [1.54, 1.807) is 11.1 Å². The summed E-state index contributed by atoms with van der Waals surface area (Å²) in [6, 6.07) is 16.8. The maximum absolute atomic E-state index is 12.6. The van der Waals surface area contributed by atoms with E-state index in [-0.39, 0.29) is 22.5 Å². The van der Waals surface area contributed by atoms with Gasteiger partial charge in [0.15, 0.2) is 5.78 Å². The molecule has 5 aliphatic carbocycles. The van der Waals surface area contributed by atoms with Crippen LogP contribution in [0.3, 0.4) is 0 Å². The van der Waals surface area contributed by atoms with E-state index in [1.807, 2.05) is 30.3 Å². The molecule has 2 aromatic rings. The van der Waals surface area contributed by atoms with E-state index in [1.165, 1.54) is 16.7 Å². The van der Waals surface area contributed by atoms with Gasteiger partial charge in [-0.15, -0.1) is 6.42 Å². The highest BCUT2D eigenvalue weighted by atomic mass is 16.3. The third-order valence-electron chi connectivity index (χ3n) is 10.8. The zero-order valence-electron chi connectivity index (χ0n) is 21.3. The molecule has 0 radical (unpaired) electrons. The van der Waals surface area contributed by atoms with Crippen LogP contribution in [0.15, 0.2) is 65.3 Å². The van der Waals surface area contributed by atoms with E-state index in [2.05, 4.69) is 37.1 Å². The van der Waals surface area contributed by atoms with Crippen molar-refractivity contribution in [3.05, 3.63) is 82.0 Å². The van der Waals surface area contributed by atoms with Gasteiger partial charge in [0.1, 0.15) is 5.60 Å². The fraction of sp³-hybridized carbons (Fsp3) is 0.412. The van der Waals surface area contributed by atoms with Crippen LogP contribution < -0.4 is 0 Å². The molecule has 3 nitrogen and oxygen atoms in total. The summed E-state index contributed by atoms with van der Waals surface area (Å²) < 4.78 is 0. The normalized spacial score (nSPS) is 35.4. The van der Waals surface area contributed by atoms with Crippen LogP contribution in [0, 0.1) is 40.4 Å². The van der Waals surface area contributed by atoms with Crippen molar-refractivity contribution >= 4 is 5.78 Å². The summed E-state index contributed by atoms with van der Waals surface area (Å²) in [6.07, 6.45) is 14.8. The highest BCUT2D eigenvalue weighted by Gasteiger charge is 2.63. The van der Waals surface area contributed by atoms with Crippen molar-refractivity contribution in [3.63, 3.8) is 0 Å². The van der Waals surface area contributed by atoms with Crippen molar-refractivity contribution in [2.75, 3.05) is 0 Å². The largest absolute Gasteiger partial charge is 0.377 e. The number of carbonyl (C=O) groups excluding carboxylic acids is 1. The molecule has 7 rings (SSSR count). The molecule has 2 aromatic carbocycles. The Morgan fingerprint density at radius 2 is 1.84 bits per heavy atom. The maximum Gasteiger partial charge on any atom is 0.155 e. The van der Waals surface area contributed by atoms with Crippen LogP contribution in [0.2, 0.25) is 0 Å². The summed E-state index contributed by atoms with van der Waals surface area (Å²) in [5.41, 5.74) is 8.56. The third kappa shape index (κ3) is 2.90. The Labute approximate surface area is 218 Å². The number of hydrogen-bond donors (Lipinski definition) is 1. The molecule has 0 unspecified atom stereocenters. The molecule has 1 N–H and O–H groups in total. The van der Waals surface area contributed by atoms with Crippen molar-refractivity contribution in [2.45, 2.75) is 69.8 Å². The van der Waals surface area contributed by atoms with Gasteiger partial charge in [0, 0.05) is 23.2 Å². The standard InChI is InChI=1S/C34H31NO2/c1-3-34(37)15-13-30-28-11-9-25-17-26(36)12-14-33(25)18-24-16-23(22-6-4-21(20-35)5-7-22)8-10-27(24)29(31(28)33)19-32(30,34)2/h1,4-8,10,16-17,29-30,37H,9,11-15,18-19H2,2H3/t29-,30+,32+,33-,34+/m1/s1. The lowest BCUT2D eigenvalue weighted by Gasteiger charge is -2.58. The number of nitriles is 1. The van der Waals surface area contributed by atoms with Crippen LogP contribution in [0.25, 0.3) is 11.1 Å². The number of hydrogen-bond acceptors (Lipinski definition) is 3. The Morgan fingerprint density at radius 3 is 2.59 bits per heavy atom. The molecule has 37 heavy (non-hydrogen) atoms. The fourth-order valence-corrected chi connectivity index (χ4v) is 8.93. The number of carbonyl (C=O) groups is 1. The Kier molecular flexibility index (Phi) is 4.66. The van der Waals surface area contributed by atoms with Gasteiger partial charge < -0.3 is 5.11 Å². The van der Waals surface area contributed by atoms with E-state index in [4.69, 9.17) is 6.42 Å². The average Bonchev–Trinajstić information content (AvgIpc) is 3.19. The second kappa shape index (κ2) is 7.56. The first kappa shape index (κ1) is 22.8. The lowest BCUT2D eigenvalue weighted by Crippen LogP contribution is -2.52. The molecule has 3 heteroatoms. The Bertz CT molecular complexity index is 1510. The summed E-state index contributed by atoms with van der Waals surface area (Å²) in [4.78, 5) is 12.6. The highest BCUT2D eigenvalue weighted by molar-refractivity contribution is 5.92. The van der Waals surface area contributed by atoms with Crippen molar-refractivity contribution < 1.29 is 9.90 Å². The minimum atomic E-state index is -1.08. The lowest BCUT2D eigenvalue weighted by atomic mass is 9.45. The number of ketones is 1. The van der Waals surface area contributed by atoms with Crippen LogP contribution >= 0.6 is 0 Å². The number of nitrogens with zero attached hydrogens (tertiary/aromatic N) is 1.